The number of nitrogens with zero attached hydrogens (tertiary/aromatic N) is 3. The molecule has 5 heteroatoms. The average Bonchev–Trinajstić information content (AvgIpc) is 2.37. The lowest BCUT2D eigenvalue weighted by atomic mass is 10.2. The fourth-order valence-corrected chi connectivity index (χ4v) is 1.35. The summed E-state index contributed by atoms with van der Waals surface area (Å²) in [5.41, 5.74) is 1.10. The Hall–Kier alpha value is -2.48. The maximum atomic E-state index is 12.9. The van der Waals surface area contributed by atoms with Gasteiger partial charge in [0.1, 0.15) is 29.7 Å². The largest absolute Gasteiger partial charge is 0.366 e. The van der Waals surface area contributed by atoms with Crippen molar-refractivity contribution in [1.29, 1.82) is 5.26 Å². The molecule has 0 aliphatic heterocycles. The molecule has 2 rings (SSSR count). The van der Waals surface area contributed by atoms with Gasteiger partial charge in [0, 0.05) is 12.6 Å². The summed E-state index contributed by atoms with van der Waals surface area (Å²) < 4.78 is 12.9. The maximum Gasteiger partial charge on any atom is 0.145 e. The Labute approximate surface area is 97.8 Å². The smallest absolute Gasteiger partial charge is 0.145 e. The zero-order valence-corrected chi connectivity index (χ0v) is 8.89. The monoisotopic (exact) mass is 228 g/mol. The first-order valence-electron chi connectivity index (χ1n) is 4.98. The molecule has 0 fully saturated rings. The van der Waals surface area contributed by atoms with Gasteiger partial charge in [-0.3, -0.25) is 0 Å². The molecule has 0 amide bonds. The molecule has 1 N–H and O–H groups in total. The fraction of sp³-hybridized carbons (Fsp3) is 0.0833. The van der Waals surface area contributed by atoms with Gasteiger partial charge < -0.3 is 5.32 Å². The standard InChI is InChI=1S/C12H9FN4/c13-10-3-1-2-9(4-10)7-15-12-5-11(6-14)16-8-17-12/h1-5,8H,7H2,(H,15,16,17). The van der Waals surface area contributed by atoms with Crippen molar-refractivity contribution in [3.63, 3.8) is 0 Å². The normalized spacial score (nSPS) is 9.65. The van der Waals surface area contributed by atoms with Crippen LogP contribution in [-0.2, 0) is 6.54 Å². The van der Waals surface area contributed by atoms with Crippen LogP contribution in [0.2, 0.25) is 0 Å². The van der Waals surface area contributed by atoms with Crippen molar-refractivity contribution < 1.29 is 4.39 Å². The Morgan fingerprint density at radius 2 is 2.18 bits per heavy atom. The number of nitriles is 1. The minimum atomic E-state index is -0.273. The van der Waals surface area contributed by atoms with E-state index in [2.05, 4.69) is 15.3 Å². The molecule has 0 atom stereocenters. The van der Waals surface area contributed by atoms with Crippen LogP contribution in [-0.4, -0.2) is 9.97 Å². The molecule has 84 valence electrons. The highest BCUT2D eigenvalue weighted by atomic mass is 19.1. The van der Waals surface area contributed by atoms with Crippen molar-refractivity contribution in [1.82, 2.24) is 9.97 Å². The molecule has 0 bridgehead atoms. The minimum Gasteiger partial charge on any atom is -0.366 e. The second-order valence-electron chi connectivity index (χ2n) is 3.38. The van der Waals surface area contributed by atoms with E-state index in [4.69, 9.17) is 5.26 Å². The Morgan fingerprint density at radius 1 is 1.29 bits per heavy atom. The Bertz CT molecular complexity index is 562. The van der Waals surface area contributed by atoms with Crippen LogP contribution in [0.25, 0.3) is 0 Å². The molecule has 17 heavy (non-hydrogen) atoms. The number of nitrogens with one attached hydrogen (secondary N) is 1. The van der Waals surface area contributed by atoms with Crippen LogP contribution in [0.3, 0.4) is 0 Å². The number of hydrogen-bond acceptors (Lipinski definition) is 4. The quantitative estimate of drug-likeness (QED) is 0.873. The van der Waals surface area contributed by atoms with Crippen LogP contribution in [0.4, 0.5) is 10.2 Å². The van der Waals surface area contributed by atoms with Crippen molar-refractivity contribution in [3.8, 4) is 6.07 Å². The predicted octanol–water partition coefficient (Wildman–Crippen LogP) is 2.10. The van der Waals surface area contributed by atoms with Crippen molar-refractivity contribution >= 4 is 5.82 Å². The van der Waals surface area contributed by atoms with Crippen molar-refractivity contribution in [2.45, 2.75) is 6.54 Å². The summed E-state index contributed by atoms with van der Waals surface area (Å²) in [7, 11) is 0. The summed E-state index contributed by atoms with van der Waals surface area (Å²) in [5.74, 6) is 0.269. The third kappa shape index (κ3) is 2.98. The molecule has 2 aromatic rings. The highest BCUT2D eigenvalue weighted by Gasteiger charge is 1.98. The summed E-state index contributed by atoms with van der Waals surface area (Å²) in [6.07, 6.45) is 1.31. The van der Waals surface area contributed by atoms with Crippen LogP contribution in [0.15, 0.2) is 36.7 Å². The summed E-state index contributed by atoms with van der Waals surface area (Å²) >= 11 is 0. The fourth-order valence-electron chi connectivity index (χ4n) is 1.35. The zero-order valence-electron chi connectivity index (χ0n) is 8.89. The van der Waals surface area contributed by atoms with E-state index in [0.29, 0.717) is 18.1 Å². The number of hydrogen-bond donors (Lipinski definition) is 1. The Balaban J connectivity index is 2.05. The third-order valence-electron chi connectivity index (χ3n) is 2.14. The third-order valence-corrected chi connectivity index (χ3v) is 2.14. The summed E-state index contributed by atoms with van der Waals surface area (Å²) in [6.45, 7) is 0.444. The van der Waals surface area contributed by atoms with Gasteiger partial charge in [-0.15, -0.1) is 0 Å². The van der Waals surface area contributed by atoms with Gasteiger partial charge >= 0.3 is 0 Å². The maximum absolute atomic E-state index is 12.9. The Kier molecular flexibility index (Phi) is 3.26. The van der Waals surface area contributed by atoms with Gasteiger partial charge in [-0.1, -0.05) is 12.1 Å². The second kappa shape index (κ2) is 5.03. The molecule has 0 saturated carbocycles. The molecule has 1 aromatic heterocycles. The van der Waals surface area contributed by atoms with Crippen molar-refractivity contribution in [2.24, 2.45) is 0 Å². The Morgan fingerprint density at radius 3 is 2.94 bits per heavy atom. The molecule has 1 aromatic carbocycles. The zero-order chi connectivity index (χ0) is 12.1. The van der Waals surface area contributed by atoms with E-state index in [0.717, 1.165) is 5.56 Å². The van der Waals surface area contributed by atoms with Gasteiger partial charge in [-0.05, 0) is 17.7 Å². The molecule has 4 nitrogen and oxygen atoms in total. The molecule has 0 spiro atoms. The molecular weight excluding hydrogens is 219 g/mol. The van der Waals surface area contributed by atoms with E-state index in [-0.39, 0.29) is 5.82 Å². The van der Waals surface area contributed by atoms with E-state index in [1.807, 2.05) is 12.1 Å². The molecule has 0 saturated heterocycles. The molecule has 0 aliphatic carbocycles. The lowest BCUT2D eigenvalue weighted by molar-refractivity contribution is 0.626. The van der Waals surface area contributed by atoms with Gasteiger partial charge in [0.2, 0.25) is 0 Å². The predicted molar refractivity (Wildman–Crippen MR) is 60.5 cm³/mol. The lowest BCUT2D eigenvalue weighted by Gasteiger charge is -2.05. The molecule has 0 radical (unpaired) electrons. The molecule has 1 heterocycles. The SMILES string of the molecule is N#Cc1cc(NCc2cccc(F)c2)ncn1. The number of halogens is 1. The summed E-state index contributed by atoms with van der Waals surface area (Å²) in [5, 5.41) is 11.7. The van der Waals surface area contributed by atoms with Gasteiger partial charge in [-0.2, -0.15) is 5.26 Å². The van der Waals surface area contributed by atoms with Gasteiger partial charge in [0.15, 0.2) is 0 Å². The van der Waals surface area contributed by atoms with E-state index < -0.39 is 0 Å². The van der Waals surface area contributed by atoms with Gasteiger partial charge in [0.05, 0.1) is 0 Å². The van der Waals surface area contributed by atoms with Crippen LogP contribution in [0.1, 0.15) is 11.3 Å². The van der Waals surface area contributed by atoms with Gasteiger partial charge in [0.25, 0.3) is 0 Å². The second-order valence-corrected chi connectivity index (χ2v) is 3.38. The van der Waals surface area contributed by atoms with E-state index in [1.54, 1.807) is 12.1 Å². The first-order valence-corrected chi connectivity index (χ1v) is 4.98. The number of aromatic nitrogens is 2. The highest BCUT2D eigenvalue weighted by molar-refractivity contribution is 5.39. The van der Waals surface area contributed by atoms with E-state index in [9.17, 15) is 4.39 Å². The van der Waals surface area contributed by atoms with Crippen molar-refractivity contribution in [2.75, 3.05) is 5.32 Å². The average molecular weight is 228 g/mol. The van der Waals surface area contributed by atoms with Crippen LogP contribution in [0, 0.1) is 17.1 Å². The molecule has 0 aliphatic rings. The van der Waals surface area contributed by atoms with Crippen LogP contribution < -0.4 is 5.32 Å². The number of benzene rings is 1. The van der Waals surface area contributed by atoms with Crippen LogP contribution in [0.5, 0.6) is 0 Å². The first-order chi connectivity index (χ1) is 8.28. The highest BCUT2D eigenvalue weighted by Crippen LogP contribution is 2.08. The van der Waals surface area contributed by atoms with Crippen molar-refractivity contribution in [3.05, 3.63) is 53.7 Å². The minimum absolute atomic E-state index is 0.273. The van der Waals surface area contributed by atoms with Crippen LogP contribution >= 0.6 is 0 Å². The molecule has 0 unspecified atom stereocenters. The van der Waals surface area contributed by atoms with E-state index in [1.165, 1.54) is 18.5 Å². The topological polar surface area (TPSA) is 61.6 Å². The number of anilines is 1. The lowest BCUT2D eigenvalue weighted by Crippen LogP contribution is -2.02. The summed E-state index contributed by atoms with van der Waals surface area (Å²) in [4.78, 5) is 7.71. The van der Waals surface area contributed by atoms with E-state index >= 15 is 0 Å². The summed E-state index contributed by atoms with van der Waals surface area (Å²) in [6, 6.07) is 9.75. The molecular formula is C12H9FN4. The first kappa shape index (κ1) is 11.0. The number of rotatable bonds is 3. The van der Waals surface area contributed by atoms with Gasteiger partial charge in [-0.25, -0.2) is 14.4 Å².